The molecular weight excluding hydrogens is 1070 g/mol. The van der Waals surface area contributed by atoms with Crippen LogP contribution in [0.2, 0.25) is 0 Å². The highest BCUT2D eigenvalue weighted by molar-refractivity contribution is 7.92. The number of amidine groups is 2. The minimum absolute atomic E-state index is 0.00308. The van der Waals surface area contributed by atoms with E-state index in [1.165, 1.54) is 55.5 Å². The van der Waals surface area contributed by atoms with Crippen LogP contribution in [0, 0.1) is 10.8 Å². The number of nitrogens with one attached hydrogen (secondary N) is 6. The van der Waals surface area contributed by atoms with Gasteiger partial charge in [0, 0.05) is 58.4 Å². The molecule has 0 aliphatic heterocycles. The second-order valence-electron chi connectivity index (χ2n) is 17.2. The third kappa shape index (κ3) is 15.5. The number of hydrogen-bond donors (Lipinski definition) is 10. The van der Waals surface area contributed by atoms with Gasteiger partial charge in [0.25, 0.3) is 11.8 Å². The fourth-order valence-corrected chi connectivity index (χ4v) is 9.70. The summed E-state index contributed by atoms with van der Waals surface area (Å²) in [7, 11) is -11.5. The highest BCUT2D eigenvalue weighted by Gasteiger charge is 2.20. The van der Waals surface area contributed by atoms with Crippen LogP contribution in [-0.2, 0) is 34.9 Å². The lowest BCUT2D eigenvalue weighted by Gasteiger charge is -2.15. The van der Waals surface area contributed by atoms with Crippen molar-refractivity contribution in [3.63, 3.8) is 0 Å². The molecule has 0 saturated carbocycles. The molecule has 0 atom stereocenters. The van der Waals surface area contributed by atoms with Gasteiger partial charge in [0.1, 0.15) is 34.7 Å². The molecule has 0 aromatic heterocycles. The van der Waals surface area contributed by atoms with Crippen molar-refractivity contribution in [2.75, 3.05) is 26.9 Å². The van der Waals surface area contributed by atoms with Gasteiger partial charge in [-0.3, -0.25) is 29.9 Å². The molecule has 24 heteroatoms. The van der Waals surface area contributed by atoms with Gasteiger partial charge in [-0.15, -0.1) is 0 Å². The second-order valence-corrected chi connectivity index (χ2v) is 22.0. The largest absolute Gasteiger partial charge is 0.456 e. The van der Waals surface area contributed by atoms with Crippen molar-refractivity contribution in [2.24, 2.45) is 21.7 Å². The van der Waals surface area contributed by atoms with Crippen molar-refractivity contribution in [3.8, 4) is 45.3 Å². The summed E-state index contributed by atoms with van der Waals surface area (Å²) in [5.41, 5.74) is 15.8. The number of amides is 3. The molecule has 0 fully saturated rings. The van der Waals surface area contributed by atoms with Crippen LogP contribution in [0.4, 0.5) is 22.7 Å². The van der Waals surface area contributed by atoms with Crippen molar-refractivity contribution in [1.82, 2.24) is 0 Å². The fourth-order valence-electron chi connectivity index (χ4n) is 7.63. The van der Waals surface area contributed by atoms with E-state index in [0.29, 0.717) is 56.2 Å². The van der Waals surface area contributed by atoms with E-state index < -0.39 is 41.9 Å². The van der Waals surface area contributed by atoms with E-state index in [-0.39, 0.29) is 61.4 Å². The molecule has 0 heterocycles. The standard InChI is InChI=1S/C28H25N5O5S.C27H25N5O6S2/c1-17(34)32-21-13-14-24(25(16-21)38-22-6-4-5-19(15-22)27(29)30)28(35)33-20-11-9-18(10-12-20)23-7-2-3-8-26(23)39(31,36)37;1-39(34,35)32-20-13-14-23(24(16-20)38-21-6-4-5-18(15-21)26(28)29)27(33)31-19-11-9-17(10-12-19)22-7-2-3-8-25(22)40(30,36)37/h2-16H,1H3,(H3,29,30)(H,32,34)(H,33,35)(H2,31,36,37);2-16,32H,1H3,(H3,28,29)(H,31,33)(H2,30,36,37). The Bertz CT molecular complexity index is 4030. The average molecular weight is 1120 g/mol. The number of nitrogen functional groups attached to an aromatic ring is 2. The van der Waals surface area contributed by atoms with Gasteiger partial charge in [0.15, 0.2) is 0 Å². The fraction of sp³-hybridized carbons (Fsp3) is 0.0364. The van der Waals surface area contributed by atoms with Crippen LogP contribution in [0.5, 0.6) is 23.0 Å². The summed E-state index contributed by atoms with van der Waals surface area (Å²) in [5, 5.41) is 34.2. The topological polar surface area (TPSA) is 372 Å². The lowest BCUT2D eigenvalue weighted by Crippen LogP contribution is -2.15. The summed E-state index contributed by atoms with van der Waals surface area (Å²) in [6, 6.07) is 47.5. The van der Waals surface area contributed by atoms with E-state index in [9.17, 15) is 39.6 Å². The Kier molecular flexibility index (Phi) is 17.4. The summed E-state index contributed by atoms with van der Waals surface area (Å²) in [4.78, 5) is 38.0. The number of hydrogen-bond acceptors (Lipinski definition) is 13. The normalized spacial score (nSPS) is 11.2. The highest BCUT2D eigenvalue weighted by Crippen LogP contribution is 2.34. The number of primary sulfonamides is 2. The summed E-state index contributed by atoms with van der Waals surface area (Å²) in [6.07, 6.45) is 0.996. The van der Waals surface area contributed by atoms with Crippen LogP contribution in [0.25, 0.3) is 22.3 Å². The summed E-state index contributed by atoms with van der Waals surface area (Å²) >= 11 is 0. The zero-order valence-electron chi connectivity index (χ0n) is 41.8. The van der Waals surface area contributed by atoms with E-state index in [1.807, 2.05) is 0 Å². The zero-order valence-corrected chi connectivity index (χ0v) is 44.3. The Morgan fingerprint density at radius 1 is 0.456 bits per heavy atom. The number of nitrogens with two attached hydrogens (primary N) is 4. The van der Waals surface area contributed by atoms with E-state index in [1.54, 1.807) is 133 Å². The van der Waals surface area contributed by atoms with Crippen molar-refractivity contribution < 1.29 is 49.1 Å². The molecule has 8 aromatic carbocycles. The first kappa shape index (κ1) is 57.0. The summed E-state index contributed by atoms with van der Waals surface area (Å²) < 4.78 is 85.6. The van der Waals surface area contributed by atoms with Crippen LogP contribution >= 0.6 is 0 Å². The SMILES string of the molecule is CC(=O)Nc1ccc(C(=O)Nc2ccc(-c3ccccc3S(N)(=O)=O)cc2)c(Oc2cccc(C(=N)N)c2)c1.CS(=O)(=O)Nc1ccc(C(=O)Nc2ccc(-c3ccccc3S(N)(=O)=O)cc2)c(Oc2cccc(C(=N)N)c2)c1. The van der Waals surface area contributed by atoms with Crippen LogP contribution in [0.15, 0.2) is 192 Å². The van der Waals surface area contributed by atoms with E-state index in [4.69, 9.17) is 42.0 Å². The second kappa shape index (κ2) is 24.1. The Morgan fingerprint density at radius 2 is 0.835 bits per heavy atom. The first-order chi connectivity index (χ1) is 37.3. The van der Waals surface area contributed by atoms with Gasteiger partial charge in [-0.2, -0.15) is 0 Å². The molecule has 404 valence electrons. The quantitative estimate of drug-likeness (QED) is 0.0306. The molecule has 0 radical (unpaired) electrons. The van der Waals surface area contributed by atoms with Crippen molar-refractivity contribution in [2.45, 2.75) is 16.7 Å². The predicted molar refractivity (Wildman–Crippen MR) is 303 cm³/mol. The minimum Gasteiger partial charge on any atom is -0.456 e. The highest BCUT2D eigenvalue weighted by atomic mass is 32.2. The van der Waals surface area contributed by atoms with Gasteiger partial charge in [0.05, 0.1) is 32.9 Å². The maximum atomic E-state index is 13.3. The Hall–Kier alpha value is -9.72. The van der Waals surface area contributed by atoms with Crippen LogP contribution in [0.1, 0.15) is 38.8 Å². The number of carbonyl (C=O) groups is 3. The molecule has 0 unspecified atom stereocenters. The number of sulfonamides is 3. The molecule has 8 aromatic rings. The lowest BCUT2D eigenvalue weighted by atomic mass is 10.1. The third-order valence-corrected chi connectivity index (χ3v) is 13.7. The number of carbonyl (C=O) groups excluding carboxylic acids is 3. The average Bonchev–Trinajstić information content (AvgIpc) is 3.45. The summed E-state index contributed by atoms with van der Waals surface area (Å²) in [5.74, 6) is -0.817. The molecule has 0 aliphatic carbocycles. The van der Waals surface area contributed by atoms with E-state index >= 15 is 0 Å². The maximum Gasteiger partial charge on any atom is 0.259 e. The van der Waals surface area contributed by atoms with Gasteiger partial charge in [-0.1, -0.05) is 84.9 Å². The molecule has 8 rings (SSSR count). The molecule has 0 spiro atoms. The Balaban J connectivity index is 0.000000229. The number of rotatable bonds is 17. The zero-order chi connectivity index (χ0) is 57.2. The Labute approximate surface area is 454 Å². The van der Waals surface area contributed by atoms with Crippen molar-refractivity contribution in [3.05, 3.63) is 204 Å². The monoisotopic (exact) mass is 1120 g/mol. The molecule has 21 nitrogen and oxygen atoms in total. The van der Waals surface area contributed by atoms with Crippen molar-refractivity contribution in [1.29, 1.82) is 10.8 Å². The number of benzene rings is 8. The molecule has 3 amide bonds. The number of ether oxygens (including phenoxy) is 2. The molecule has 0 saturated heterocycles. The van der Waals surface area contributed by atoms with E-state index in [2.05, 4.69) is 20.7 Å². The van der Waals surface area contributed by atoms with Crippen LogP contribution in [-0.4, -0.2) is 60.9 Å². The maximum absolute atomic E-state index is 13.3. The summed E-state index contributed by atoms with van der Waals surface area (Å²) in [6.45, 7) is 1.36. The van der Waals surface area contributed by atoms with Crippen LogP contribution in [0.3, 0.4) is 0 Å². The van der Waals surface area contributed by atoms with E-state index in [0.717, 1.165) is 6.26 Å². The molecule has 79 heavy (non-hydrogen) atoms. The van der Waals surface area contributed by atoms with Gasteiger partial charge >= 0.3 is 0 Å². The lowest BCUT2D eigenvalue weighted by molar-refractivity contribution is -0.114. The Morgan fingerprint density at radius 3 is 1.22 bits per heavy atom. The smallest absolute Gasteiger partial charge is 0.259 e. The van der Waals surface area contributed by atoms with Gasteiger partial charge in [0.2, 0.25) is 36.0 Å². The first-order valence-corrected chi connectivity index (χ1v) is 28.1. The number of anilines is 4. The van der Waals surface area contributed by atoms with Gasteiger partial charge in [-0.25, -0.2) is 35.5 Å². The molecular formula is C55H50N10O11S3. The molecule has 0 aliphatic rings. The van der Waals surface area contributed by atoms with Gasteiger partial charge < -0.3 is 36.9 Å². The van der Waals surface area contributed by atoms with Crippen LogP contribution < -0.4 is 51.9 Å². The van der Waals surface area contributed by atoms with Gasteiger partial charge in [-0.05, 0) is 96.1 Å². The third-order valence-electron chi connectivity index (χ3n) is 11.1. The minimum atomic E-state index is -3.95. The predicted octanol–water partition coefficient (Wildman–Crippen LogP) is 7.99. The molecule has 0 bridgehead atoms. The first-order valence-electron chi connectivity index (χ1n) is 23.2. The molecule has 14 N–H and O–H groups in total. The van der Waals surface area contributed by atoms with Crippen molar-refractivity contribution >= 4 is 82.2 Å².